The summed E-state index contributed by atoms with van der Waals surface area (Å²) in [5.41, 5.74) is 7.87. The highest BCUT2D eigenvalue weighted by Crippen LogP contribution is 2.39. The first-order valence-corrected chi connectivity index (χ1v) is 13.8. The Labute approximate surface area is 244 Å². The maximum atomic E-state index is 9.29. The van der Waals surface area contributed by atoms with Gasteiger partial charge in [0, 0.05) is 16.7 Å². The molecule has 4 heteroatoms. The van der Waals surface area contributed by atoms with Gasteiger partial charge in [0.2, 0.25) is 0 Å². The molecule has 42 heavy (non-hydrogen) atoms. The van der Waals surface area contributed by atoms with Crippen LogP contribution in [0.15, 0.2) is 146 Å². The van der Waals surface area contributed by atoms with Gasteiger partial charge in [-0.1, -0.05) is 133 Å². The van der Waals surface area contributed by atoms with Gasteiger partial charge < -0.3 is 0 Å². The summed E-state index contributed by atoms with van der Waals surface area (Å²) in [6.07, 6.45) is 0. The standard InChI is InChI=1S/C38H24N4/c39-25-26-15-17-28(18-16-26)34-24-23-27-9-7-8-14-33(27)35(34)29-19-21-32(22-20-29)38-41-36(30-10-3-1-4-11-30)40-37(42-38)31-12-5-2-6-13-31/h1-24H. The van der Waals surface area contributed by atoms with Gasteiger partial charge in [-0.25, -0.2) is 15.0 Å². The van der Waals surface area contributed by atoms with Crippen molar-refractivity contribution in [2.24, 2.45) is 0 Å². The first-order chi connectivity index (χ1) is 20.8. The Kier molecular flexibility index (Phi) is 6.52. The van der Waals surface area contributed by atoms with E-state index in [1.807, 2.05) is 84.9 Å². The molecule has 0 spiro atoms. The molecule has 0 N–H and O–H groups in total. The molecule has 7 aromatic rings. The van der Waals surface area contributed by atoms with Gasteiger partial charge in [-0.05, 0) is 45.2 Å². The molecule has 0 aliphatic rings. The topological polar surface area (TPSA) is 62.5 Å². The van der Waals surface area contributed by atoms with Gasteiger partial charge in [-0.2, -0.15) is 5.26 Å². The van der Waals surface area contributed by atoms with Gasteiger partial charge in [0.25, 0.3) is 0 Å². The van der Waals surface area contributed by atoms with Crippen LogP contribution >= 0.6 is 0 Å². The third-order valence-electron chi connectivity index (χ3n) is 7.39. The molecule has 0 aliphatic carbocycles. The molecule has 0 radical (unpaired) electrons. The zero-order chi connectivity index (χ0) is 28.3. The number of hydrogen-bond acceptors (Lipinski definition) is 4. The van der Waals surface area contributed by atoms with Crippen LogP contribution in [0.2, 0.25) is 0 Å². The lowest BCUT2D eigenvalue weighted by molar-refractivity contribution is 1.07. The second kappa shape index (κ2) is 10.9. The molecule has 0 bridgehead atoms. The normalized spacial score (nSPS) is 10.8. The summed E-state index contributed by atoms with van der Waals surface area (Å²) < 4.78 is 0. The Morgan fingerprint density at radius 2 is 0.881 bits per heavy atom. The van der Waals surface area contributed by atoms with Crippen LogP contribution in [-0.2, 0) is 0 Å². The first kappa shape index (κ1) is 25.1. The molecule has 0 amide bonds. The van der Waals surface area contributed by atoms with Crippen LogP contribution in [0.4, 0.5) is 0 Å². The van der Waals surface area contributed by atoms with Crippen LogP contribution in [0.5, 0.6) is 0 Å². The highest BCUT2D eigenvalue weighted by molar-refractivity contribution is 6.04. The lowest BCUT2D eigenvalue weighted by Crippen LogP contribution is -2.00. The Balaban J connectivity index is 1.36. The number of aromatic nitrogens is 3. The molecule has 196 valence electrons. The van der Waals surface area contributed by atoms with E-state index in [0.29, 0.717) is 23.0 Å². The zero-order valence-electron chi connectivity index (χ0n) is 22.6. The number of fused-ring (bicyclic) bond motifs is 1. The molecule has 4 nitrogen and oxygen atoms in total. The van der Waals surface area contributed by atoms with E-state index in [1.165, 1.54) is 10.8 Å². The number of nitrogens with zero attached hydrogens (tertiary/aromatic N) is 4. The summed E-state index contributed by atoms with van der Waals surface area (Å²) in [4.78, 5) is 14.6. The Bertz CT molecular complexity index is 2000. The molecule has 0 saturated carbocycles. The van der Waals surface area contributed by atoms with Gasteiger partial charge in [-0.3, -0.25) is 0 Å². The molecule has 1 aromatic heterocycles. The molecule has 0 saturated heterocycles. The van der Waals surface area contributed by atoms with E-state index in [0.717, 1.165) is 38.9 Å². The molecule has 0 atom stereocenters. The molecular weight excluding hydrogens is 512 g/mol. The summed E-state index contributed by atoms with van der Waals surface area (Å²) in [5.74, 6) is 1.90. The fourth-order valence-electron chi connectivity index (χ4n) is 5.27. The number of nitriles is 1. The third kappa shape index (κ3) is 4.81. The molecule has 1 heterocycles. The van der Waals surface area contributed by atoms with Crippen molar-refractivity contribution in [2.75, 3.05) is 0 Å². The van der Waals surface area contributed by atoms with Crippen molar-refractivity contribution < 1.29 is 0 Å². The predicted molar refractivity (Wildman–Crippen MR) is 169 cm³/mol. The van der Waals surface area contributed by atoms with E-state index >= 15 is 0 Å². The van der Waals surface area contributed by atoms with Crippen LogP contribution in [0, 0.1) is 11.3 Å². The summed E-state index contributed by atoms with van der Waals surface area (Å²) in [7, 11) is 0. The van der Waals surface area contributed by atoms with Crippen LogP contribution in [0.25, 0.3) is 67.2 Å². The van der Waals surface area contributed by atoms with Crippen LogP contribution in [0.1, 0.15) is 5.56 Å². The van der Waals surface area contributed by atoms with Gasteiger partial charge in [-0.15, -0.1) is 0 Å². The number of rotatable bonds is 5. The van der Waals surface area contributed by atoms with Crippen LogP contribution in [-0.4, -0.2) is 15.0 Å². The van der Waals surface area contributed by atoms with Gasteiger partial charge >= 0.3 is 0 Å². The van der Waals surface area contributed by atoms with Crippen molar-refractivity contribution in [3.8, 4) is 62.5 Å². The highest BCUT2D eigenvalue weighted by Gasteiger charge is 2.15. The molecule has 7 rings (SSSR count). The summed E-state index contributed by atoms with van der Waals surface area (Å²) in [6, 6.07) is 51.2. The van der Waals surface area contributed by atoms with Gasteiger partial charge in [0.15, 0.2) is 17.5 Å². The number of benzene rings is 6. The van der Waals surface area contributed by atoms with Crippen LogP contribution < -0.4 is 0 Å². The van der Waals surface area contributed by atoms with Crippen molar-refractivity contribution in [3.63, 3.8) is 0 Å². The molecule has 0 aliphatic heterocycles. The van der Waals surface area contributed by atoms with Crippen molar-refractivity contribution in [1.82, 2.24) is 15.0 Å². The van der Waals surface area contributed by atoms with Crippen molar-refractivity contribution >= 4 is 10.8 Å². The largest absolute Gasteiger partial charge is 0.208 e. The average Bonchev–Trinajstić information content (AvgIpc) is 3.08. The highest BCUT2D eigenvalue weighted by atomic mass is 15.0. The quantitative estimate of drug-likeness (QED) is 0.220. The Hall–Kier alpha value is -5.92. The maximum absolute atomic E-state index is 9.29. The lowest BCUT2D eigenvalue weighted by atomic mass is 9.89. The summed E-state index contributed by atoms with van der Waals surface area (Å²) >= 11 is 0. The van der Waals surface area contributed by atoms with Crippen molar-refractivity contribution in [2.45, 2.75) is 0 Å². The Morgan fingerprint density at radius 1 is 0.405 bits per heavy atom. The summed E-state index contributed by atoms with van der Waals surface area (Å²) in [6.45, 7) is 0. The number of hydrogen-bond donors (Lipinski definition) is 0. The second-order valence-corrected chi connectivity index (χ2v) is 10.0. The molecule has 6 aromatic carbocycles. The Morgan fingerprint density at radius 3 is 1.45 bits per heavy atom. The van der Waals surface area contributed by atoms with E-state index in [2.05, 4.69) is 66.7 Å². The molecule has 0 fully saturated rings. The van der Waals surface area contributed by atoms with Gasteiger partial charge in [0.05, 0.1) is 11.6 Å². The van der Waals surface area contributed by atoms with E-state index in [4.69, 9.17) is 15.0 Å². The van der Waals surface area contributed by atoms with Gasteiger partial charge in [0.1, 0.15) is 0 Å². The lowest BCUT2D eigenvalue weighted by Gasteiger charge is -2.15. The van der Waals surface area contributed by atoms with E-state index in [-0.39, 0.29) is 0 Å². The summed E-state index contributed by atoms with van der Waals surface area (Å²) in [5, 5.41) is 11.6. The maximum Gasteiger partial charge on any atom is 0.164 e. The average molecular weight is 537 g/mol. The first-order valence-electron chi connectivity index (χ1n) is 13.8. The fourth-order valence-corrected chi connectivity index (χ4v) is 5.27. The monoisotopic (exact) mass is 536 g/mol. The molecule has 0 unspecified atom stereocenters. The third-order valence-corrected chi connectivity index (χ3v) is 7.39. The van der Waals surface area contributed by atoms with Crippen LogP contribution in [0.3, 0.4) is 0 Å². The minimum atomic E-state index is 0.625. The SMILES string of the molecule is N#Cc1ccc(-c2ccc3ccccc3c2-c2ccc(-c3nc(-c4ccccc4)nc(-c4ccccc4)n3)cc2)cc1. The van der Waals surface area contributed by atoms with E-state index in [9.17, 15) is 5.26 Å². The van der Waals surface area contributed by atoms with Crippen molar-refractivity contribution in [3.05, 3.63) is 151 Å². The zero-order valence-corrected chi connectivity index (χ0v) is 22.6. The fraction of sp³-hybridized carbons (Fsp3) is 0. The predicted octanol–water partition coefficient (Wildman–Crippen LogP) is 9.23. The molecular formula is C38H24N4. The minimum absolute atomic E-state index is 0.625. The van der Waals surface area contributed by atoms with E-state index < -0.39 is 0 Å². The second-order valence-electron chi connectivity index (χ2n) is 10.0. The smallest absolute Gasteiger partial charge is 0.164 e. The minimum Gasteiger partial charge on any atom is -0.208 e. The van der Waals surface area contributed by atoms with Crippen molar-refractivity contribution in [1.29, 1.82) is 5.26 Å². The van der Waals surface area contributed by atoms with E-state index in [1.54, 1.807) is 0 Å².